The summed E-state index contributed by atoms with van der Waals surface area (Å²) in [6, 6.07) is 0. The van der Waals surface area contributed by atoms with Crippen LogP contribution in [0.15, 0.2) is 12.2 Å². The molecular weight excluding hydrogens is 683 g/mol. The van der Waals surface area contributed by atoms with Crippen LogP contribution in [-0.2, 0) is 19.1 Å². The van der Waals surface area contributed by atoms with Crippen molar-refractivity contribution >= 4 is 17.8 Å². The maximum absolute atomic E-state index is 12.8. The number of allylic oxidation sites excluding steroid dienone is 2. The second-order valence-electron chi connectivity index (χ2n) is 16.7. The van der Waals surface area contributed by atoms with Crippen molar-refractivity contribution in [3.8, 4) is 0 Å². The number of rotatable bonds is 45. The molecule has 0 radical (unpaired) electrons. The van der Waals surface area contributed by atoms with Gasteiger partial charge in [0.05, 0.1) is 0 Å². The van der Waals surface area contributed by atoms with E-state index in [1.165, 1.54) is 180 Å². The monoisotopic (exact) mass is 776 g/mol. The zero-order chi connectivity index (χ0) is 40.1. The van der Waals surface area contributed by atoms with E-state index in [9.17, 15) is 14.4 Å². The summed E-state index contributed by atoms with van der Waals surface area (Å²) in [5.41, 5.74) is 0. The van der Waals surface area contributed by atoms with Crippen LogP contribution in [0.2, 0.25) is 0 Å². The number of unbranched alkanes of at least 4 members (excludes halogenated alkanes) is 32. The van der Waals surface area contributed by atoms with Crippen LogP contribution in [0.1, 0.15) is 271 Å². The van der Waals surface area contributed by atoms with E-state index < -0.39 is 5.97 Å². The van der Waals surface area contributed by atoms with E-state index in [1.54, 1.807) is 0 Å². The van der Waals surface area contributed by atoms with Crippen LogP contribution in [0.4, 0.5) is 0 Å². The largest absolute Gasteiger partial charge is 0.480 e. The third-order valence-corrected chi connectivity index (χ3v) is 11.2. The molecule has 2 N–H and O–H groups in total. The molecule has 55 heavy (non-hydrogen) atoms. The van der Waals surface area contributed by atoms with Gasteiger partial charge in [-0.15, -0.1) is 0 Å². The second-order valence-corrected chi connectivity index (χ2v) is 16.7. The summed E-state index contributed by atoms with van der Waals surface area (Å²) in [6.45, 7) is 4.25. The van der Waals surface area contributed by atoms with Crippen LogP contribution in [0, 0.1) is 0 Å². The molecule has 0 aliphatic rings. The molecule has 1 atom stereocenters. The molecule has 1 unspecified atom stereocenters. The highest BCUT2D eigenvalue weighted by Gasteiger charge is 2.14. The van der Waals surface area contributed by atoms with E-state index in [0.29, 0.717) is 12.8 Å². The molecule has 0 aliphatic carbocycles. The number of carbonyl (C=O) groups is 3. The number of hydrogen-bond donors (Lipinski definition) is 2. The zero-order valence-corrected chi connectivity index (χ0v) is 36.8. The van der Waals surface area contributed by atoms with Gasteiger partial charge in [0.25, 0.3) is 0 Å². The van der Waals surface area contributed by atoms with Crippen LogP contribution in [0.25, 0.3) is 0 Å². The lowest BCUT2D eigenvalue weighted by Crippen LogP contribution is -2.28. The van der Waals surface area contributed by atoms with Crippen molar-refractivity contribution in [2.24, 2.45) is 0 Å². The Bertz CT molecular complexity index is 858. The Hall–Kier alpha value is -1.85. The fourth-order valence-electron chi connectivity index (χ4n) is 7.57. The lowest BCUT2D eigenvalue weighted by atomic mass is 10.0. The molecule has 0 saturated carbocycles. The molecule has 0 saturated heterocycles. The van der Waals surface area contributed by atoms with Gasteiger partial charge in [-0.25, -0.2) is 0 Å². The molecule has 0 bridgehead atoms. The molecule has 324 valence electrons. The Balaban J connectivity index is 4.08. The van der Waals surface area contributed by atoms with Crippen molar-refractivity contribution in [1.29, 1.82) is 0 Å². The third kappa shape index (κ3) is 44.7. The maximum atomic E-state index is 12.8. The Morgan fingerprint density at radius 2 is 0.782 bits per heavy atom. The van der Waals surface area contributed by atoms with E-state index in [1.807, 2.05) is 0 Å². The maximum Gasteiger partial charge on any atom is 0.322 e. The molecule has 0 spiro atoms. The number of ether oxygens (including phenoxy) is 1. The Labute approximate surface area is 342 Å². The molecule has 0 aromatic rings. The minimum atomic E-state index is -1.01. The Morgan fingerprint density at radius 3 is 1.16 bits per heavy atom. The molecule has 6 heteroatoms. The molecule has 0 aliphatic heterocycles. The van der Waals surface area contributed by atoms with Crippen LogP contribution >= 0.6 is 0 Å². The molecule has 6 nitrogen and oxygen atoms in total. The third-order valence-electron chi connectivity index (χ3n) is 11.2. The van der Waals surface area contributed by atoms with Crippen molar-refractivity contribution in [3.05, 3.63) is 12.2 Å². The molecule has 0 aromatic heterocycles. The van der Waals surface area contributed by atoms with Gasteiger partial charge in [-0.2, -0.15) is 0 Å². The lowest BCUT2D eigenvalue weighted by Gasteiger charge is -2.18. The van der Waals surface area contributed by atoms with Gasteiger partial charge in [-0.1, -0.05) is 206 Å². The summed E-state index contributed by atoms with van der Waals surface area (Å²) in [7, 11) is 0. The van der Waals surface area contributed by atoms with E-state index in [-0.39, 0.29) is 24.5 Å². The SMILES string of the molecule is CCCCCCCC/C=C\CCCCCCCCCCCC(=O)OC(CCCCCCCCCCCCCCCC)CCCCCCCC(=O)NCC(=O)O. The van der Waals surface area contributed by atoms with Gasteiger partial charge in [-0.05, 0) is 64.2 Å². The van der Waals surface area contributed by atoms with Gasteiger partial charge < -0.3 is 15.2 Å². The highest BCUT2D eigenvalue weighted by molar-refractivity contribution is 5.80. The van der Waals surface area contributed by atoms with Crippen LogP contribution in [0.3, 0.4) is 0 Å². The van der Waals surface area contributed by atoms with E-state index in [2.05, 4.69) is 31.3 Å². The summed E-state index contributed by atoms with van der Waals surface area (Å²) in [6.07, 6.45) is 53.5. The van der Waals surface area contributed by atoms with Gasteiger partial charge in [0.1, 0.15) is 12.6 Å². The first-order valence-corrected chi connectivity index (χ1v) is 24.3. The minimum absolute atomic E-state index is 0.0104. The average molecular weight is 776 g/mol. The van der Waals surface area contributed by atoms with Crippen molar-refractivity contribution in [3.63, 3.8) is 0 Å². The van der Waals surface area contributed by atoms with Crippen LogP contribution in [-0.4, -0.2) is 35.6 Å². The number of carboxylic acids is 1. The molecule has 0 heterocycles. The number of nitrogens with one attached hydrogen (secondary N) is 1. The predicted molar refractivity (Wildman–Crippen MR) is 236 cm³/mol. The van der Waals surface area contributed by atoms with E-state index >= 15 is 0 Å². The number of esters is 1. The fourth-order valence-corrected chi connectivity index (χ4v) is 7.57. The summed E-state index contributed by atoms with van der Waals surface area (Å²) >= 11 is 0. The zero-order valence-electron chi connectivity index (χ0n) is 36.8. The fraction of sp³-hybridized carbons (Fsp3) is 0.898. The van der Waals surface area contributed by atoms with Crippen molar-refractivity contribution in [2.75, 3.05) is 6.54 Å². The van der Waals surface area contributed by atoms with Crippen molar-refractivity contribution in [2.45, 2.75) is 277 Å². The highest BCUT2D eigenvalue weighted by Crippen LogP contribution is 2.19. The van der Waals surface area contributed by atoms with Gasteiger partial charge >= 0.3 is 11.9 Å². The first kappa shape index (κ1) is 53.1. The minimum Gasteiger partial charge on any atom is -0.480 e. The quantitative estimate of drug-likeness (QED) is 0.0365. The molecular formula is C49H93NO5. The number of carboxylic acid groups (broad SMARTS) is 1. The van der Waals surface area contributed by atoms with E-state index in [0.717, 1.165) is 64.2 Å². The Kier molecular flexibility index (Phi) is 43.4. The lowest BCUT2D eigenvalue weighted by molar-refractivity contribution is -0.150. The van der Waals surface area contributed by atoms with Crippen LogP contribution < -0.4 is 5.32 Å². The number of amides is 1. The first-order chi connectivity index (χ1) is 27.0. The van der Waals surface area contributed by atoms with Crippen molar-refractivity contribution < 1.29 is 24.2 Å². The van der Waals surface area contributed by atoms with E-state index in [4.69, 9.17) is 9.84 Å². The second kappa shape index (κ2) is 44.9. The molecule has 1 amide bonds. The van der Waals surface area contributed by atoms with Gasteiger partial charge in [0, 0.05) is 12.8 Å². The standard InChI is InChI=1S/C49H93NO5/c1-3-5-7-9-11-13-15-17-19-20-21-22-23-25-27-29-31-36-40-44-49(54)55-46(42-38-34-32-35-39-43-47(51)50-45-48(52)53)41-37-33-30-28-26-24-18-16-14-12-10-8-6-4-2/h17,19,46H,3-16,18,20-45H2,1-2H3,(H,50,51)(H,52,53)/b19-17-. The van der Waals surface area contributed by atoms with Gasteiger partial charge in [0.2, 0.25) is 5.91 Å². The number of carbonyl (C=O) groups excluding carboxylic acids is 2. The number of aliphatic carboxylic acids is 1. The Morgan fingerprint density at radius 1 is 0.455 bits per heavy atom. The topological polar surface area (TPSA) is 92.7 Å². The average Bonchev–Trinajstić information content (AvgIpc) is 3.17. The van der Waals surface area contributed by atoms with Crippen molar-refractivity contribution in [1.82, 2.24) is 5.32 Å². The molecule has 0 rings (SSSR count). The smallest absolute Gasteiger partial charge is 0.322 e. The van der Waals surface area contributed by atoms with Gasteiger partial charge in [0.15, 0.2) is 0 Å². The summed E-state index contributed by atoms with van der Waals surface area (Å²) < 4.78 is 6.06. The molecule has 0 aromatic carbocycles. The highest BCUT2D eigenvalue weighted by atomic mass is 16.5. The first-order valence-electron chi connectivity index (χ1n) is 24.3. The number of hydrogen-bond acceptors (Lipinski definition) is 4. The summed E-state index contributed by atoms with van der Waals surface area (Å²) in [5.74, 6) is -1.21. The predicted octanol–water partition coefficient (Wildman–Crippen LogP) is 15.3. The molecule has 0 fully saturated rings. The summed E-state index contributed by atoms with van der Waals surface area (Å²) in [5, 5.41) is 11.1. The van der Waals surface area contributed by atoms with Gasteiger partial charge in [-0.3, -0.25) is 14.4 Å². The van der Waals surface area contributed by atoms with Crippen LogP contribution in [0.5, 0.6) is 0 Å². The normalized spacial score (nSPS) is 12.0. The summed E-state index contributed by atoms with van der Waals surface area (Å²) in [4.78, 5) is 35.1.